The zero-order valence-corrected chi connectivity index (χ0v) is 21.6. The Morgan fingerprint density at radius 2 is 1.75 bits per heavy atom. The first-order valence-electron chi connectivity index (χ1n) is 12.5. The fourth-order valence-corrected chi connectivity index (χ4v) is 4.85. The van der Waals surface area contributed by atoms with Gasteiger partial charge in [-0.05, 0) is 76.8 Å². The molecule has 8 nitrogen and oxygen atoms in total. The molecule has 0 radical (unpaired) electrons. The number of benzene rings is 2. The summed E-state index contributed by atoms with van der Waals surface area (Å²) in [6.07, 6.45) is 2.59. The van der Waals surface area contributed by atoms with Crippen molar-refractivity contribution in [3.05, 3.63) is 48.4 Å². The molecule has 4 aromatic rings. The molecule has 3 heterocycles. The Morgan fingerprint density at radius 3 is 2.47 bits per heavy atom. The van der Waals surface area contributed by atoms with Gasteiger partial charge in [-0.25, -0.2) is 4.39 Å². The molecule has 9 heteroatoms. The molecule has 0 bridgehead atoms. The molecule has 0 spiro atoms. The van der Waals surface area contributed by atoms with Crippen LogP contribution in [0.1, 0.15) is 20.3 Å². The molecule has 36 heavy (non-hydrogen) atoms. The van der Waals surface area contributed by atoms with Gasteiger partial charge in [0.1, 0.15) is 0 Å². The second-order valence-corrected chi connectivity index (χ2v) is 10.1. The third-order valence-corrected chi connectivity index (χ3v) is 7.12. The van der Waals surface area contributed by atoms with E-state index in [1.807, 2.05) is 38.4 Å². The molecule has 5 rings (SSSR count). The molecule has 1 aliphatic heterocycles. The van der Waals surface area contributed by atoms with Crippen LogP contribution in [0.4, 0.5) is 10.3 Å². The van der Waals surface area contributed by atoms with E-state index in [-0.39, 0.29) is 11.6 Å². The summed E-state index contributed by atoms with van der Waals surface area (Å²) < 4.78 is 22.6. The molecule has 2 aromatic heterocycles. The lowest BCUT2D eigenvalue weighted by atomic mass is 10.0. The predicted molar refractivity (Wildman–Crippen MR) is 141 cm³/mol. The van der Waals surface area contributed by atoms with Crippen LogP contribution < -0.4 is 9.64 Å². The smallest absolute Gasteiger partial charge is 0.232 e. The predicted octanol–water partition coefficient (Wildman–Crippen LogP) is 3.94. The zero-order chi connectivity index (χ0) is 25.4. The minimum Gasteiger partial charge on any atom is -0.490 e. The number of anilines is 1. The molecule has 0 unspecified atom stereocenters. The Kier molecular flexibility index (Phi) is 6.77. The van der Waals surface area contributed by atoms with Crippen molar-refractivity contribution in [3.8, 4) is 16.9 Å². The van der Waals surface area contributed by atoms with E-state index < -0.39 is 0 Å². The average molecular weight is 492 g/mol. The van der Waals surface area contributed by atoms with Gasteiger partial charge in [0.2, 0.25) is 5.95 Å². The first-order valence-corrected chi connectivity index (χ1v) is 12.5. The van der Waals surface area contributed by atoms with Crippen molar-refractivity contribution in [3.63, 3.8) is 0 Å². The van der Waals surface area contributed by atoms with Gasteiger partial charge in [0, 0.05) is 31.7 Å². The Labute approximate surface area is 211 Å². The van der Waals surface area contributed by atoms with Gasteiger partial charge >= 0.3 is 0 Å². The minimum absolute atomic E-state index is 0.279. The standard InChI is InChI=1S/C27H34FN7O/c1-18-16-34(17-19(2)33(18)5)27-31-30-26-15-29-23-9-7-21(14-24(23)35(26)27)20-8-10-25(22(28)13-20)36-12-6-11-32(3)4/h7-10,13-15,18-19H,6,11-12,16-17H2,1-5H3/t18-,19+. The maximum atomic E-state index is 14.9. The number of ether oxygens (including phenoxy) is 1. The summed E-state index contributed by atoms with van der Waals surface area (Å²) in [5, 5.41) is 8.94. The van der Waals surface area contributed by atoms with Gasteiger partial charge in [0.05, 0.1) is 23.8 Å². The van der Waals surface area contributed by atoms with E-state index in [0.717, 1.165) is 54.2 Å². The Bertz CT molecular complexity index is 1360. The summed E-state index contributed by atoms with van der Waals surface area (Å²) in [5.74, 6) is 0.731. The highest BCUT2D eigenvalue weighted by molar-refractivity contribution is 5.84. The number of fused-ring (bicyclic) bond motifs is 3. The summed E-state index contributed by atoms with van der Waals surface area (Å²) in [5.41, 5.74) is 4.11. The van der Waals surface area contributed by atoms with Crippen molar-refractivity contribution in [1.29, 1.82) is 0 Å². The Hall–Kier alpha value is -3.30. The van der Waals surface area contributed by atoms with Crippen molar-refractivity contribution in [1.82, 2.24) is 29.4 Å². The molecule has 2 atom stereocenters. The van der Waals surface area contributed by atoms with Crippen LogP contribution in [0.15, 0.2) is 42.6 Å². The molecular formula is C27H34FN7O. The number of likely N-dealkylation sites (N-methyl/N-ethyl adjacent to an activating group) is 1. The van der Waals surface area contributed by atoms with Crippen LogP contribution in [0.2, 0.25) is 0 Å². The van der Waals surface area contributed by atoms with Crippen LogP contribution in [-0.2, 0) is 0 Å². The van der Waals surface area contributed by atoms with Crippen LogP contribution in [0, 0.1) is 5.82 Å². The third kappa shape index (κ3) is 4.73. The molecular weight excluding hydrogens is 457 g/mol. The van der Waals surface area contributed by atoms with Gasteiger partial charge in [-0.2, -0.15) is 0 Å². The molecule has 1 saturated heterocycles. The van der Waals surface area contributed by atoms with Crippen LogP contribution in [-0.4, -0.2) is 88.8 Å². The summed E-state index contributed by atoms with van der Waals surface area (Å²) in [6.45, 7) is 7.57. The molecule has 0 N–H and O–H groups in total. The highest BCUT2D eigenvalue weighted by atomic mass is 19.1. The molecule has 0 amide bonds. The zero-order valence-electron chi connectivity index (χ0n) is 21.6. The van der Waals surface area contributed by atoms with Gasteiger partial charge in [0.25, 0.3) is 0 Å². The Balaban J connectivity index is 1.47. The largest absolute Gasteiger partial charge is 0.490 e. The van der Waals surface area contributed by atoms with Gasteiger partial charge < -0.3 is 14.5 Å². The van der Waals surface area contributed by atoms with Crippen LogP contribution in [0.25, 0.3) is 27.8 Å². The van der Waals surface area contributed by atoms with E-state index in [0.29, 0.717) is 24.3 Å². The average Bonchev–Trinajstić information content (AvgIpc) is 3.30. The van der Waals surface area contributed by atoms with E-state index in [2.05, 4.69) is 55.2 Å². The van der Waals surface area contributed by atoms with E-state index in [4.69, 9.17) is 4.74 Å². The van der Waals surface area contributed by atoms with Gasteiger partial charge in [-0.15, -0.1) is 10.2 Å². The highest BCUT2D eigenvalue weighted by Gasteiger charge is 2.29. The van der Waals surface area contributed by atoms with Gasteiger partial charge in [-0.1, -0.05) is 12.1 Å². The van der Waals surface area contributed by atoms with Gasteiger partial charge in [-0.3, -0.25) is 14.3 Å². The molecule has 190 valence electrons. The molecule has 2 aromatic carbocycles. The van der Waals surface area contributed by atoms with Crippen molar-refractivity contribution >= 4 is 22.6 Å². The first kappa shape index (κ1) is 24.4. The monoisotopic (exact) mass is 491 g/mol. The van der Waals surface area contributed by atoms with Crippen LogP contribution in [0.3, 0.4) is 0 Å². The van der Waals surface area contributed by atoms with Crippen molar-refractivity contribution in [2.24, 2.45) is 0 Å². The van der Waals surface area contributed by atoms with Crippen molar-refractivity contribution < 1.29 is 9.13 Å². The van der Waals surface area contributed by atoms with E-state index in [1.54, 1.807) is 12.3 Å². The maximum Gasteiger partial charge on any atom is 0.232 e. The van der Waals surface area contributed by atoms with E-state index in [9.17, 15) is 4.39 Å². The number of hydrogen-bond acceptors (Lipinski definition) is 7. The maximum absolute atomic E-state index is 14.9. The van der Waals surface area contributed by atoms with Crippen LogP contribution in [0.5, 0.6) is 5.75 Å². The summed E-state index contributed by atoms with van der Waals surface area (Å²) >= 11 is 0. The quantitative estimate of drug-likeness (QED) is 0.363. The normalized spacial score (nSPS) is 19.0. The third-order valence-electron chi connectivity index (χ3n) is 7.12. The number of piperazine rings is 1. The number of nitrogens with zero attached hydrogens (tertiary/aromatic N) is 7. The van der Waals surface area contributed by atoms with Crippen LogP contribution >= 0.6 is 0 Å². The molecule has 1 aliphatic rings. The molecule has 0 saturated carbocycles. The number of halogens is 1. The number of hydrogen-bond donors (Lipinski definition) is 0. The summed E-state index contributed by atoms with van der Waals surface area (Å²) in [4.78, 5) is 11.4. The van der Waals surface area contributed by atoms with Crippen molar-refractivity contribution in [2.75, 3.05) is 52.3 Å². The SMILES string of the molecule is C[C@@H]1CN(c2nnc3cnc4ccc(-c5ccc(OCCCN(C)C)c(F)c5)cc4n23)C[C@H](C)N1C. The van der Waals surface area contributed by atoms with Gasteiger partial charge in [0.15, 0.2) is 17.2 Å². The van der Waals surface area contributed by atoms with E-state index in [1.165, 1.54) is 6.07 Å². The molecule has 0 aliphatic carbocycles. The fraction of sp³-hybridized carbons (Fsp3) is 0.444. The van der Waals surface area contributed by atoms with E-state index >= 15 is 0 Å². The fourth-order valence-electron chi connectivity index (χ4n) is 4.85. The van der Waals surface area contributed by atoms with Crippen molar-refractivity contribution in [2.45, 2.75) is 32.4 Å². The lowest BCUT2D eigenvalue weighted by molar-refractivity contribution is 0.169. The lowest BCUT2D eigenvalue weighted by Gasteiger charge is -2.42. The minimum atomic E-state index is -0.362. The number of aromatic nitrogens is 4. The highest BCUT2D eigenvalue weighted by Crippen LogP contribution is 2.30. The summed E-state index contributed by atoms with van der Waals surface area (Å²) in [6, 6.07) is 11.9. The first-order chi connectivity index (χ1) is 17.3. The summed E-state index contributed by atoms with van der Waals surface area (Å²) in [7, 11) is 6.19. The Morgan fingerprint density at radius 1 is 1.03 bits per heavy atom. The second-order valence-electron chi connectivity index (χ2n) is 10.1. The lowest BCUT2D eigenvalue weighted by Crippen LogP contribution is -2.55. The number of rotatable bonds is 7. The second kappa shape index (κ2) is 9.99. The topological polar surface area (TPSA) is 62.0 Å². The molecule has 1 fully saturated rings.